The summed E-state index contributed by atoms with van der Waals surface area (Å²) in [5.74, 6) is -0.411. The third kappa shape index (κ3) is 2.99. The van der Waals surface area contributed by atoms with Crippen molar-refractivity contribution in [2.75, 3.05) is 19.7 Å². The highest BCUT2D eigenvalue weighted by Gasteiger charge is 2.48. The van der Waals surface area contributed by atoms with E-state index >= 15 is 0 Å². The van der Waals surface area contributed by atoms with E-state index in [-0.39, 0.29) is 11.8 Å². The fraction of sp³-hybridized carbons (Fsp3) is 0.471. The number of amides is 4. The van der Waals surface area contributed by atoms with Gasteiger partial charge in [0.05, 0.1) is 0 Å². The molecular weight excluding hydrogens is 310 g/mol. The van der Waals surface area contributed by atoms with E-state index in [9.17, 15) is 14.4 Å². The van der Waals surface area contributed by atoms with Crippen LogP contribution in [0.4, 0.5) is 4.79 Å². The molecule has 24 heavy (non-hydrogen) atoms. The molecule has 1 aromatic carbocycles. The van der Waals surface area contributed by atoms with Crippen LogP contribution in [0, 0.1) is 0 Å². The highest BCUT2D eigenvalue weighted by atomic mass is 16.5. The minimum absolute atomic E-state index is 0.109. The van der Waals surface area contributed by atoms with E-state index in [2.05, 4.69) is 10.6 Å². The van der Waals surface area contributed by atoms with Crippen molar-refractivity contribution in [2.45, 2.75) is 31.4 Å². The summed E-state index contributed by atoms with van der Waals surface area (Å²) in [6, 6.07) is 8.92. The first-order chi connectivity index (χ1) is 11.6. The van der Waals surface area contributed by atoms with Crippen molar-refractivity contribution >= 4 is 17.8 Å². The molecule has 3 rings (SSSR count). The summed E-state index contributed by atoms with van der Waals surface area (Å²) >= 11 is 0. The molecule has 7 nitrogen and oxygen atoms in total. The lowest BCUT2D eigenvalue weighted by atomic mass is 9.87. The van der Waals surface area contributed by atoms with Crippen LogP contribution in [0.25, 0.3) is 0 Å². The van der Waals surface area contributed by atoms with Crippen LogP contribution in [0.1, 0.15) is 31.4 Å². The Balaban J connectivity index is 1.69. The second-order valence-electron chi connectivity index (χ2n) is 6.06. The van der Waals surface area contributed by atoms with E-state index in [0.29, 0.717) is 32.5 Å². The molecule has 1 atom stereocenters. The molecule has 0 saturated carbocycles. The van der Waals surface area contributed by atoms with Crippen molar-refractivity contribution in [1.29, 1.82) is 0 Å². The Morgan fingerprint density at radius 1 is 1.25 bits per heavy atom. The summed E-state index contributed by atoms with van der Waals surface area (Å²) in [6.45, 7) is 3.10. The molecule has 0 radical (unpaired) electrons. The molecule has 2 fully saturated rings. The summed E-state index contributed by atoms with van der Waals surface area (Å²) < 4.78 is 5.66. The van der Waals surface area contributed by atoms with Crippen LogP contribution in [-0.2, 0) is 14.3 Å². The first kappa shape index (κ1) is 16.4. The summed E-state index contributed by atoms with van der Waals surface area (Å²) in [5, 5.41) is 4.97. The number of nitrogens with zero attached hydrogens (tertiary/aromatic N) is 1. The molecule has 2 heterocycles. The normalized spacial score (nSPS) is 20.6. The van der Waals surface area contributed by atoms with Gasteiger partial charge in [-0.2, -0.15) is 0 Å². The number of imide groups is 1. The van der Waals surface area contributed by atoms with Gasteiger partial charge in [-0.05, 0) is 25.3 Å². The largest absolute Gasteiger partial charge is 0.364 e. The van der Waals surface area contributed by atoms with Crippen LogP contribution >= 0.6 is 0 Å². The zero-order chi connectivity index (χ0) is 17.2. The van der Waals surface area contributed by atoms with Crippen LogP contribution in [0.2, 0.25) is 0 Å². The molecule has 0 aliphatic carbocycles. The molecular formula is C17H21N3O4. The minimum Gasteiger partial charge on any atom is -0.364 e. The van der Waals surface area contributed by atoms with Crippen molar-refractivity contribution in [1.82, 2.24) is 15.5 Å². The molecule has 2 saturated heterocycles. The predicted molar refractivity (Wildman–Crippen MR) is 86.0 cm³/mol. The van der Waals surface area contributed by atoms with Gasteiger partial charge in [-0.3, -0.25) is 14.9 Å². The van der Waals surface area contributed by atoms with E-state index in [1.807, 2.05) is 37.3 Å². The molecule has 2 aliphatic rings. The quantitative estimate of drug-likeness (QED) is 0.805. The van der Waals surface area contributed by atoms with Gasteiger partial charge in [-0.1, -0.05) is 30.3 Å². The molecule has 0 bridgehead atoms. The topological polar surface area (TPSA) is 87.7 Å². The van der Waals surface area contributed by atoms with Gasteiger partial charge in [0.25, 0.3) is 11.8 Å². The molecule has 4 amide bonds. The Hall–Kier alpha value is -2.41. The van der Waals surface area contributed by atoms with Crippen LogP contribution in [0.15, 0.2) is 30.3 Å². The number of benzene rings is 1. The Bertz CT molecular complexity index is 638. The summed E-state index contributed by atoms with van der Waals surface area (Å²) in [5.41, 5.74) is -0.0570. The van der Waals surface area contributed by atoms with E-state index in [1.54, 1.807) is 4.90 Å². The summed E-state index contributed by atoms with van der Waals surface area (Å²) in [4.78, 5) is 37.9. The molecule has 1 spiro atoms. The minimum atomic E-state index is -0.873. The van der Waals surface area contributed by atoms with Gasteiger partial charge < -0.3 is 15.0 Å². The molecule has 128 valence electrons. The van der Waals surface area contributed by atoms with Gasteiger partial charge in [0.15, 0.2) is 6.10 Å². The van der Waals surface area contributed by atoms with E-state index in [4.69, 9.17) is 4.74 Å². The number of rotatable bonds is 4. The number of hydrogen-bond donors (Lipinski definition) is 2. The van der Waals surface area contributed by atoms with Gasteiger partial charge in [0.2, 0.25) is 0 Å². The Kier molecular flexibility index (Phi) is 4.53. The highest BCUT2D eigenvalue weighted by Crippen LogP contribution is 2.28. The van der Waals surface area contributed by atoms with Crippen molar-refractivity contribution in [3.8, 4) is 0 Å². The standard InChI is InChI=1S/C17H21N3O4/c1-2-24-13(12-6-4-3-5-7-12)14(21)20-10-8-17(9-11-20)15(22)18-16(23)19-17/h3-7,13H,2,8-11H2,1H3,(H2,18,19,22,23)/t13-/m0/s1. The fourth-order valence-electron chi connectivity index (χ4n) is 3.26. The average molecular weight is 331 g/mol. The van der Waals surface area contributed by atoms with Crippen molar-refractivity contribution in [3.05, 3.63) is 35.9 Å². The molecule has 7 heteroatoms. The third-order valence-electron chi connectivity index (χ3n) is 4.60. The van der Waals surface area contributed by atoms with Gasteiger partial charge in [-0.15, -0.1) is 0 Å². The van der Waals surface area contributed by atoms with E-state index in [0.717, 1.165) is 5.56 Å². The number of piperidine rings is 1. The van der Waals surface area contributed by atoms with Gasteiger partial charge in [0.1, 0.15) is 5.54 Å². The number of ether oxygens (including phenoxy) is 1. The second kappa shape index (κ2) is 6.60. The summed E-state index contributed by atoms with van der Waals surface area (Å²) in [7, 11) is 0. The predicted octanol–water partition coefficient (Wildman–Crippen LogP) is 0.965. The lowest BCUT2D eigenvalue weighted by Crippen LogP contribution is -2.56. The highest BCUT2D eigenvalue weighted by molar-refractivity contribution is 6.07. The van der Waals surface area contributed by atoms with Crippen molar-refractivity contribution in [3.63, 3.8) is 0 Å². The fourth-order valence-corrected chi connectivity index (χ4v) is 3.26. The number of urea groups is 1. The summed E-state index contributed by atoms with van der Waals surface area (Å²) in [6.07, 6.45) is 0.172. The molecule has 1 aromatic rings. The Labute approximate surface area is 140 Å². The molecule has 0 aromatic heterocycles. The van der Waals surface area contributed by atoms with Crippen LogP contribution < -0.4 is 10.6 Å². The molecule has 0 unspecified atom stereocenters. The second-order valence-corrected chi connectivity index (χ2v) is 6.06. The SMILES string of the molecule is CCO[C@H](C(=O)N1CCC2(CC1)NC(=O)NC2=O)c1ccccc1. The molecule has 2 aliphatic heterocycles. The molecule has 2 N–H and O–H groups in total. The maximum Gasteiger partial charge on any atom is 0.322 e. The van der Waals surface area contributed by atoms with Crippen LogP contribution in [0.5, 0.6) is 0 Å². The first-order valence-electron chi connectivity index (χ1n) is 8.15. The number of nitrogens with one attached hydrogen (secondary N) is 2. The monoisotopic (exact) mass is 331 g/mol. The van der Waals surface area contributed by atoms with Crippen LogP contribution in [-0.4, -0.2) is 48.0 Å². The zero-order valence-corrected chi connectivity index (χ0v) is 13.6. The number of carbonyl (C=O) groups is 3. The van der Waals surface area contributed by atoms with Crippen LogP contribution in [0.3, 0.4) is 0 Å². The maximum atomic E-state index is 12.9. The smallest absolute Gasteiger partial charge is 0.322 e. The number of hydrogen-bond acceptors (Lipinski definition) is 4. The Morgan fingerprint density at radius 2 is 1.92 bits per heavy atom. The van der Waals surface area contributed by atoms with Gasteiger partial charge in [0, 0.05) is 19.7 Å². The average Bonchev–Trinajstić information content (AvgIpc) is 2.87. The maximum absolute atomic E-state index is 12.9. The van der Waals surface area contributed by atoms with Gasteiger partial charge >= 0.3 is 6.03 Å². The third-order valence-corrected chi connectivity index (χ3v) is 4.60. The number of likely N-dealkylation sites (tertiary alicyclic amines) is 1. The van der Waals surface area contributed by atoms with E-state index in [1.165, 1.54) is 0 Å². The van der Waals surface area contributed by atoms with Gasteiger partial charge in [-0.25, -0.2) is 4.79 Å². The lowest BCUT2D eigenvalue weighted by Gasteiger charge is -2.38. The lowest BCUT2D eigenvalue weighted by molar-refractivity contribution is -0.147. The zero-order valence-electron chi connectivity index (χ0n) is 13.6. The first-order valence-corrected chi connectivity index (χ1v) is 8.15. The Morgan fingerprint density at radius 3 is 2.46 bits per heavy atom. The van der Waals surface area contributed by atoms with Crippen molar-refractivity contribution in [2.24, 2.45) is 0 Å². The number of carbonyl (C=O) groups excluding carboxylic acids is 3. The van der Waals surface area contributed by atoms with E-state index < -0.39 is 17.7 Å². The van der Waals surface area contributed by atoms with Crippen molar-refractivity contribution < 1.29 is 19.1 Å².